The minimum atomic E-state index is -1.05. The number of pyridine rings is 1. The van der Waals surface area contributed by atoms with Gasteiger partial charge in [-0.1, -0.05) is 55.3 Å². The van der Waals surface area contributed by atoms with Crippen molar-refractivity contribution in [2.75, 3.05) is 0 Å². The van der Waals surface area contributed by atoms with Crippen molar-refractivity contribution in [1.29, 1.82) is 0 Å². The highest BCUT2D eigenvalue weighted by Gasteiger charge is 2.36. The van der Waals surface area contributed by atoms with Crippen molar-refractivity contribution in [3.8, 4) is 5.75 Å². The summed E-state index contributed by atoms with van der Waals surface area (Å²) in [4.78, 5) is 16.8. The monoisotopic (exact) mass is 459 g/mol. The minimum absolute atomic E-state index is 0. The van der Waals surface area contributed by atoms with Crippen LogP contribution in [0.4, 0.5) is 0 Å². The molecule has 31 heavy (non-hydrogen) atoms. The van der Waals surface area contributed by atoms with Gasteiger partial charge in [0, 0.05) is 23.0 Å². The average molecular weight is 460 g/mol. The molecule has 1 heterocycles. The Morgan fingerprint density at radius 3 is 2.23 bits per heavy atom. The molecule has 0 N–H and O–H groups in total. The molecule has 0 aliphatic carbocycles. The first-order valence-corrected chi connectivity index (χ1v) is 10.4. The second-order valence-electron chi connectivity index (χ2n) is 7.47. The maximum absolute atomic E-state index is 12.8. The fraction of sp³-hybridized carbons (Fsp3) is 0.280. The zero-order valence-corrected chi connectivity index (χ0v) is 19.3. The number of carbonyl (C=O) groups excluding carboxylic acids is 1. The fourth-order valence-electron chi connectivity index (χ4n) is 3.23. The number of halogens is 2. The summed E-state index contributed by atoms with van der Waals surface area (Å²) in [5.74, 6) is 0.266. The normalized spacial score (nSPS) is 12.4. The molecule has 164 valence electrons. The van der Waals surface area contributed by atoms with Crippen LogP contribution in [0.1, 0.15) is 43.4 Å². The van der Waals surface area contributed by atoms with E-state index in [1.807, 2.05) is 67.6 Å². The van der Waals surface area contributed by atoms with Crippen LogP contribution in [0.5, 0.6) is 5.75 Å². The van der Waals surface area contributed by atoms with E-state index < -0.39 is 5.60 Å². The summed E-state index contributed by atoms with van der Waals surface area (Å²) in [6.07, 6.45) is 5.53. The van der Waals surface area contributed by atoms with E-state index >= 15 is 0 Å². The maximum atomic E-state index is 12.8. The number of esters is 1. The summed E-state index contributed by atoms with van der Waals surface area (Å²) in [5.41, 5.74) is 2.13. The molecule has 1 aromatic heterocycles. The Kier molecular flexibility index (Phi) is 9.35. The number of hydrogen-bond acceptors (Lipinski definition) is 4. The van der Waals surface area contributed by atoms with Gasteiger partial charge in [-0.15, -0.1) is 12.4 Å². The lowest BCUT2D eigenvalue weighted by atomic mass is 10.00. The van der Waals surface area contributed by atoms with E-state index in [0.717, 1.165) is 29.0 Å². The van der Waals surface area contributed by atoms with E-state index in [1.165, 1.54) is 5.56 Å². The molecule has 0 fully saturated rings. The standard InChI is InChI=1S/C25H26ClNO3.ClH/c1-3-14-25(2,24(28)29-18-21-5-4-15-27-17-21)30-23-12-8-20(9-13-23)16-19-6-10-22(26)11-7-19;/h4-13,15,17H,3,14,16,18H2,1-2H3;1H. The molecule has 0 saturated heterocycles. The Labute approximate surface area is 195 Å². The lowest BCUT2D eigenvalue weighted by Crippen LogP contribution is -2.42. The van der Waals surface area contributed by atoms with Crippen molar-refractivity contribution >= 4 is 30.0 Å². The Morgan fingerprint density at radius 2 is 1.65 bits per heavy atom. The van der Waals surface area contributed by atoms with Gasteiger partial charge in [0.2, 0.25) is 5.60 Å². The summed E-state index contributed by atoms with van der Waals surface area (Å²) in [7, 11) is 0. The van der Waals surface area contributed by atoms with Gasteiger partial charge in [-0.2, -0.15) is 0 Å². The van der Waals surface area contributed by atoms with Crippen molar-refractivity contribution in [1.82, 2.24) is 4.98 Å². The number of rotatable bonds is 9. The van der Waals surface area contributed by atoms with Gasteiger partial charge in [0.15, 0.2) is 0 Å². The topological polar surface area (TPSA) is 48.4 Å². The van der Waals surface area contributed by atoms with Gasteiger partial charge in [-0.3, -0.25) is 4.98 Å². The van der Waals surface area contributed by atoms with Crippen molar-refractivity contribution < 1.29 is 14.3 Å². The van der Waals surface area contributed by atoms with Crippen LogP contribution in [-0.2, 0) is 22.6 Å². The Morgan fingerprint density at radius 1 is 1.00 bits per heavy atom. The molecule has 1 atom stereocenters. The van der Waals surface area contributed by atoms with Gasteiger partial charge in [0.05, 0.1) is 0 Å². The Balaban J connectivity index is 0.00000341. The molecule has 0 radical (unpaired) electrons. The fourth-order valence-corrected chi connectivity index (χ4v) is 3.36. The van der Waals surface area contributed by atoms with E-state index in [0.29, 0.717) is 12.2 Å². The second kappa shape index (κ2) is 11.7. The van der Waals surface area contributed by atoms with Crippen molar-refractivity contribution in [3.05, 3.63) is 94.8 Å². The first kappa shape index (κ1) is 24.7. The van der Waals surface area contributed by atoms with E-state index in [1.54, 1.807) is 19.3 Å². The molecule has 3 rings (SSSR count). The summed E-state index contributed by atoms with van der Waals surface area (Å²) >= 11 is 5.95. The van der Waals surface area contributed by atoms with Crippen LogP contribution < -0.4 is 4.74 Å². The van der Waals surface area contributed by atoms with Gasteiger partial charge in [-0.05, 0) is 61.2 Å². The minimum Gasteiger partial charge on any atom is -0.476 e. The molecule has 1 unspecified atom stereocenters. The molecule has 0 bridgehead atoms. The molecule has 0 aliphatic heterocycles. The second-order valence-corrected chi connectivity index (χ2v) is 7.90. The van der Waals surface area contributed by atoms with Crippen LogP contribution in [0.2, 0.25) is 5.02 Å². The smallest absolute Gasteiger partial charge is 0.350 e. The maximum Gasteiger partial charge on any atom is 0.350 e. The number of carbonyl (C=O) groups is 1. The Hall–Kier alpha value is -2.56. The SMILES string of the molecule is CCCC(C)(Oc1ccc(Cc2ccc(Cl)cc2)cc1)C(=O)OCc1cccnc1.Cl. The van der Waals surface area contributed by atoms with Gasteiger partial charge < -0.3 is 9.47 Å². The first-order valence-electron chi connectivity index (χ1n) is 10.1. The third-order valence-electron chi connectivity index (χ3n) is 4.84. The largest absolute Gasteiger partial charge is 0.476 e. The van der Waals surface area contributed by atoms with Crippen molar-refractivity contribution in [2.24, 2.45) is 0 Å². The highest BCUT2D eigenvalue weighted by molar-refractivity contribution is 6.30. The highest BCUT2D eigenvalue weighted by Crippen LogP contribution is 2.26. The van der Waals surface area contributed by atoms with Crippen molar-refractivity contribution in [2.45, 2.75) is 45.3 Å². The van der Waals surface area contributed by atoms with E-state index in [9.17, 15) is 4.79 Å². The predicted octanol–water partition coefficient (Wildman–Crippen LogP) is 6.43. The quantitative estimate of drug-likeness (QED) is 0.346. The summed E-state index contributed by atoms with van der Waals surface area (Å²) in [6, 6.07) is 19.3. The molecule has 0 spiro atoms. The molecule has 2 aromatic carbocycles. The molecular formula is C25H27Cl2NO3. The summed E-state index contributed by atoms with van der Waals surface area (Å²) in [5, 5.41) is 0.730. The Bertz CT molecular complexity index is 947. The van der Waals surface area contributed by atoms with Gasteiger partial charge in [0.25, 0.3) is 0 Å². The van der Waals surface area contributed by atoms with Gasteiger partial charge in [-0.25, -0.2) is 4.79 Å². The molecule has 0 saturated carbocycles. The van der Waals surface area contributed by atoms with Crippen LogP contribution in [0.25, 0.3) is 0 Å². The number of hydrogen-bond donors (Lipinski definition) is 0. The summed E-state index contributed by atoms with van der Waals surface area (Å²) in [6.45, 7) is 3.98. The zero-order chi connectivity index (χ0) is 21.4. The van der Waals surface area contributed by atoms with E-state index in [2.05, 4.69) is 4.98 Å². The first-order chi connectivity index (χ1) is 14.5. The molecule has 4 nitrogen and oxygen atoms in total. The predicted molar refractivity (Wildman–Crippen MR) is 126 cm³/mol. The lowest BCUT2D eigenvalue weighted by molar-refractivity contribution is -0.163. The number of nitrogens with zero attached hydrogens (tertiary/aromatic N) is 1. The molecule has 0 aliphatic rings. The number of benzene rings is 2. The average Bonchev–Trinajstić information content (AvgIpc) is 2.76. The van der Waals surface area contributed by atoms with Crippen molar-refractivity contribution in [3.63, 3.8) is 0 Å². The van der Waals surface area contributed by atoms with Gasteiger partial charge in [0.1, 0.15) is 12.4 Å². The zero-order valence-electron chi connectivity index (χ0n) is 17.7. The molecule has 0 amide bonds. The molecule has 6 heteroatoms. The van der Waals surface area contributed by atoms with Crippen LogP contribution in [0.3, 0.4) is 0 Å². The third-order valence-corrected chi connectivity index (χ3v) is 5.09. The van der Waals surface area contributed by atoms with Crippen LogP contribution in [0.15, 0.2) is 73.1 Å². The number of aromatic nitrogens is 1. The van der Waals surface area contributed by atoms with E-state index in [4.69, 9.17) is 21.1 Å². The van der Waals surface area contributed by atoms with Crippen LogP contribution in [0, 0.1) is 0 Å². The number of ether oxygens (including phenoxy) is 2. The molecular weight excluding hydrogens is 433 g/mol. The van der Waals surface area contributed by atoms with Gasteiger partial charge >= 0.3 is 5.97 Å². The summed E-state index contributed by atoms with van der Waals surface area (Å²) < 4.78 is 11.6. The lowest BCUT2D eigenvalue weighted by Gasteiger charge is -2.28. The van der Waals surface area contributed by atoms with Crippen LogP contribution in [-0.4, -0.2) is 16.6 Å². The molecule has 3 aromatic rings. The van der Waals surface area contributed by atoms with E-state index in [-0.39, 0.29) is 25.0 Å². The third kappa shape index (κ3) is 7.27. The van der Waals surface area contributed by atoms with Crippen LogP contribution >= 0.6 is 24.0 Å². The highest BCUT2D eigenvalue weighted by atomic mass is 35.5.